The molecule has 71 heavy (non-hydrogen) atoms. The van der Waals surface area contributed by atoms with Crippen molar-refractivity contribution in [3.63, 3.8) is 0 Å². The largest absolute Gasteiger partial charge is 0.468 e. The van der Waals surface area contributed by atoms with E-state index in [1.165, 1.54) is 113 Å². The van der Waals surface area contributed by atoms with Gasteiger partial charge in [-0.15, -0.1) is 0 Å². The zero-order valence-electron chi connectivity index (χ0n) is 45.9. The van der Waals surface area contributed by atoms with Crippen LogP contribution in [0.3, 0.4) is 0 Å². The summed E-state index contributed by atoms with van der Waals surface area (Å²) in [6.45, 7) is 38.6. The molecule has 3 nitrogen and oxygen atoms in total. The Kier molecular flexibility index (Phi) is 9.73. The van der Waals surface area contributed by atoms with E-state index in [9.17, 15) is 0 Å². The predicted molar refractivity (Wildman–Crippen MR) is 305 cm³/mol. The van der Waals surface area contributed by atoms with E-state index >= 15 is 0 Å². The molecule has 0 spiro atoms. The maximum absolute atomic E-state index is 7.68. The molecule has 0 atom stereocenters. The fraction of sp³-hybridized carbons (Fsp3) is 0.433. The molecule has 2 aliphatic heterocycles. The van der Waals surface area contributed by atoms with Gasteiger partial charge in [-0.3, -0.25) is 0 Å². The van der Waals surface area contributed by atoms with Crippen molar-refractivity contribution >= 4 is 68.4 Å². The lowest BCUT2D eigenvalue weighted by molar-refractivity contribution is 0.332. The number of nitrogens with zero attached hydrogens (tertiary/aromatic N) is 2. The second-order valence-corrected chi connectivity index (χ2v) is 27.9. The second-order valence-electron chi connectivity index (χ2n) is 27.9. The molecule has 1 aromatic heterocycles. The predicted octanol–water partition coefficient (Wildman–Crippen LogP) is 16.8. The van der Waals surface area contributed by atoms with Gasteiger partial charge in [0.25, 0.3) is 6.71 Å². The molecule has 0 bridgehead atoms. The van der Waals surface area contributed by atoms with Crippen LogP contribution in [0.4, 0.5) is 34.1 Å². The lowest BCUT2D eigenvalue weighted by Gasteiger charge is -2.47. The third-order valence-corrected chi connectivity index (χ3v) is 19.1. The molecule has 7 aromatic rings. The molecule has 4 heteroatoms. The maximum Gasteiger partial charge on any atom is 0.297 e. The summed E-state index contributed by atoms with van der Waals surface area (Å²) < 4.78 is 7.68. The normalized spacial score (nSPS) is 20.4. The molecular formula is C67H77BN2O. The molecule has 0 fully saturated rings. The number of hydrogen-bond acceptors (Lipinski definition) is 3. The first-order valence-corrected chi connectivity index (χ1v) is 27.1. The number of rotatable bonds is 3. The number of furan rings is 1. The summed E-state index contributed by atoms with van der Waals surface area (Å²) >= 11 is 0. The SMILES string of the molecule is Cc1cc2c3c(c1)N(c1ccc(-c4ccc(C(C)(C)C)cc4)cc1)c1c(oc4cc5c(cc14)C(C)(C)CCC5(C)C)B3c1cc3c(cc1N2c1ccc2c(c1)C(C)(C)CCC2(C)C)C(C)(C)CCC3(C)C. The van der Waals surface area contributed by atoms with Crippen LogP contribution in [0.1, 0.15) is 187 Å². The van der Waals surface area contributed by atoms with Crippen LogP contribution in [-0.2, 0) is 37.9 Å². The summed E-state index contributed by atoms with van der Waals surface area (Å²) in [4.78, 5) is 5.27. The average Bonchev–Trinajstić information content (AvgIpc) is 3.68. The van der Waals surface area contributed by atoms with Crippen LogP contribution in [-0.4, -0.2) is 6.71 Å². The van der Waals surface area contributed by atoms with Crippen molar-refractivity contribution in [3.05, 3.63) is 148 Å². The quantitative estimate of drug-likeness (QED) is 0.165. The summed E-state index contributed by atoms with van der Waals surface area (Å²) in [5, 5.41) is 1.21. The Balaban J connectivity index is 1.16. The van der Waals surface area contributed by atoms with Gasteiger partial charge in [0.2, 0.25) is 0 Å². The standard InChI is InChI=1S/C67H77BN2O/c1-40-33-55-58-56(34-40)70(44-23-19-42(20-24-44)41-17-21-43(22-18-41)61(2,3)4)59-46-36-49-52(67(15,16)32-29-64(49,9)10)39-57(46)71-60(59)68(58)53-37-50-51(66(13,14)31-30-65(50,11)12)38-54(53)69(55)45-25-26-47-48(35-45)63(7,8)28-27-62(47,5)6/h17-26,33-39H,27-32H2,1-16H3. The van der Waals surface area contributed by atoms with E-state index in [1.54, 1.807) is 0 Å². The molecule has 6 aromatic carbocycles. The summed E-state index contributed by atoms with van der Waals surface area (Å²) in [5.41, 5.74) is 26.5. The number of aryl methyl sites for hydroxylation is 1. The Morgan fingerprint density at radius 2 is 0.901 bits per heavy atom. The van der Waals surface area contributed by atoms with Gasteiger partial charge in [-0.25, -0.2) is 0 Å². The smallest absolute Gasteiger partial charge is 0.297 e. The molecule has 0 radical (unpaired) electrons. The first-order valence-electron chi connectivity index (χ1n) is 27.1. The number of anilines is 6. The second kappa shape index (κ2) is 14.8. The van der Waals surface area contributed by atoms with Crippen molar-refractivity contribution in [2.45, 2.75) is 187 Å². The maximum atomic E-state index is 7.68. The molecular weight excluding hydrogens is 860 g/mol. The average molecular weight is 937 g/mol. The minimum absolute atomic E-state index is 0.0327. The highest BCUT2D eigenvalue weighted by Gasteiger charge is 2.50. The van der Waals surface area contributed by atoms with Crippen molar-refractivity contribution in [1.29, 1.82) is 0 Å². The summed E-state index contributed by atoms with van der Waals surface area (Å²) in [6, 6.07) is 41.3. The lowest BCUT2D eigenvalue weighted by atomic mass is 9.35. The lowest BCUT2D eigenvalue weighted by Crippen LogP contribution is -2.61. The van der Waals surface area contributed by atoms with E-state index in [1.807, 2.05) is 0 Å². The highest BCUT2D eigenvalue weighted by molar-refractivity contribution is 7.00. The van der Waals surface area contributed by atoms with E-state index in [2.05, 4.69) is 224 Å². The Morgan fingerprint density at radius 1 is 0.451 bits per heavy atom. The van der Waals surface area contributed by atoms with E-state index < -0.39 is 0 Å². The summed E-state index contributed by atoms with van der Waals surface area (Å²) in [5.74, 6) is 0. The Labute approximate surface area is 426 Å². The third kappa shape index (κ3) is 6.95. The monoisotopic (exact) mass is 937 g/mol. The summed E-state index contributed by atoms with van der Waals surface area (Å²) in [7, 11) is 0. The van der Waals surface area contributed by atoms with E-state index in [4.69, 9.17) is 4.42 Å². The molecule has 0 saturated heterocycles. The van der Waals surface area contributed by atoms with Crippen LogP contribution in [0, 0.1) is 6.92 Å². The zero-order chi connectivity index (χ0) is 50.3. The van der Waals surface area contributed by atoms with E-state index in [0.29, 0.717) is 0 Å². The molecule has 0 unspecified atom stereocenters. The Bertz CT molecular complexity index is 3360. The van der Waals surface area contributed by atoms with Gasteiger partial charge in [-0.2, -0.15) is 0 Å². The van der Waals surface area contributed by atoms with Gasteiger partial charge in [-0.05, 0) is 205 Å². The fourth-order valence-electron chi connectivity index (χ4n) is 14.0. The van der Waals surface area contributed by atoms with Crippen molar-refractivity contribution in [1.82, 2.24) is 0 Å². The minimum atomic E-state index is -0.108. The summed E-state index contributed by atoms with van der Waals surface area (Å²) in [6.07, 6.45) is 7.01. The molecule has 3 heterocycles. The van der Waals surface area contributed by atoms with Crippen LogP contribution >= 0.6 is 0 Å². The van der Waals surface area contributed by atoms with Gasteiger partial charge in [0.05, 0.1) is 11.3 Å². The zero-order valence-corrected chi connectivity index (χ0v) is 45.9. The van der Waals surface area contributed by atoms with Crippen LogP contribution in [0.2, 0.25) is 0 Å². The van der Waals surface area contributed by atoms with Gasteiger partial charge in [0.15, 0.2) is 0 Å². The van der Waals surface area contributed by atoms with Crippen molar-refractivity contribution in [2.24, 2.45) is 0 Å². The van der Waals surface area contributed by atoms with Gasteiger partial charge < -0.3 is 14.2 Å². The fourth-order valence-corrected chi connectivity index (χ4v) is 14.0. The van der Waals surface area contributed by atoms with Crippen LogP contribution in [0.25, 0.3) is 22.1 Å². The molecule has 0 amide bonds. The van der Waals surface area contributed by atoms with Crippen molar-refractivity contribution < 1.29 is 4.42 Å². The van der Waals surface area contributed by atoms with Gasteiger partial charge in [0.1, 0.15) is 5.58 Å². The molecule has 0 saturated carbocycles. The highest BCUT2D eigenvalue weighted by Crippen LogP contribution is 2.55. The van der Waals surface area contributed by atoms with Crippen molar-refractivity contribution in [3.8, 4) is 11.1 Å². The first-order chi connectivity index (χ1) is 33.2. The van der Waals surface area contributed by atoms with Gasteiger partial charge in [-0.1, -0.05) is 152 Å². The van der Waals surface area contributed by atoms with Crippen LogP contribution in [0.5, 0.6) is 0 Å². The minimum Gasteiger partial charge on any atom is -0.468 e. The number of benzene rings is 6. The molecule has 5 aliphatic rings. The molecule has 364 valence electrons. The highest BCUT2D eigenvalue weighted by atomic mass is 16.3. The van der Waals surface area contributed by atoms with Crippen LogP contribution in [0.15, 0.2) is 108 Å². The Hall–Kier alpha value is -5.48. The third-order valence-electron chi connectivity index (χ3n) is 19.1. The topological polar surface area (TPSA) is 19.6 Å². The molecule has 12 rings (SSSR count). The first kappa shape index (κ1) is 46.6. The van der Waals surface area contributed by atoms with E-state index in [0.717, 1.165) is 42.6 Å². The van der Waals surface area contributed by atoms with Gasteiger partial charge >= 0.3 is 0 Å². The number of hydrogen-bond donors (Lipinski definition) is 0. The number of fused-ring (bicyclic) bond motifs is 9. The van der Waals surface area contributed by atoms with E-state index in [-0.39, 0.29) is 44.6 Å². The van der Waals surface area contributed by atoms with Crippen LogP contribution < -0.4 is 26.4 Å². The molecule has 0 N–H and O–H groups in total. The Morgan fingerprint density at radius 3 is 1.45 bits per heavy atom. The van der Waals surface area contributed by atoms with Crippen molar-refractivity contribution in [2.75, 3.05) is 9.80 Å². The molecule has 3 aliphatic carbocycles. The van der Waals surface area contributed by atoms with Gasteiger partial charge in [0, 0.05) is 33.8 Å².